The lowest BCUT2D eigenvalue weighted by Crippen LogP contribution is -2.23. The molecule has 0 aliphatic carbocycles. The second kappa shape index (κ2) is 3.75. The number of alkyl halides is 3. The van der Waals surface area contributed by atoms with E-state index in [1.165, 1.54) is 6.07 Å². The van der Waals surface area contributed by atoms with Crippen molar-refractivity contribution in [2.24, 2.45) is 0 Å². The van der Waals surface area contributed by atoms with Crippen molar-refractivity contribution < 1.29 is 22.6 Å². The first-order valence-electron chi connectivity index (χ1n) is 4.87. The molecule has 0 N–H and O–H groups in total. The third-order valence-electron chi connectivity index (χ3n) is 2.55. The first kappa shape index (κ1) is 11.4. The van der Waals surface area contributed by atoms with E-state index in [2.05, 4.69) is 0 Å². The molecule has 16 heavy (non-hydrogen) atoms. The number of hydrogen-bond acceptors (Lipinski definition) is 2. The predicted molar refractivity (Wildman–Crippen MR) is 50.7 cm³/mol. The van der Waals surface area contributed by atoms with Gasteiger partial charge in [0.05, 0.1) is 18.8 Å². The summed E-state index contributed by atoms with van der Waals surface area (Å²) >= 11 is 0. The van der Waals surface area contributed by atoms with Gasteiger partial charge < -0.3 is 9.47 Å². The fourth-order valence-electron chi connectivity index (χ4n) is 1.66. The van der Waals surface area contributed by atoms with Crippen LogP contribution in [0.3, 0.4) is 0 Å². The SMILES string of the molecule is CC1(c2cccc(C(F)(F)F)c2)OCCO1. The lowest BCUT2D eigenvalue weighted by Gasteiger charge is -2.23. The fraction of sp³-hybridized carbons (Fsp3) is 0.455. The third-order valence-corrected chi connectivity index (χ3v) is 2.55. The smallest absolute Gasteiger partial charge is 0.344 e. The molecule has 88 valence electrons. The Morgan fingerprint density at radius 2 is 1.81 bits per heavy atom. The van der Waals surface area contributed by atoms with E-state index in [0.717, 1.165) is 12.1 Å². The Morgan fingerprint density at radius 3 is 2.38 bits per heavy atom. The molecule has 0 amide bonds. The predicted octanol–water partition coefficient (Wildman–Crippen LogP) is 2.92. The first-order chi connectivity index (χ1) is 7.42. The van der Waals surface area contributed by atoms with Crippen LogP contribution in [0.4, 0.5) is 13.2 Å². The molecule has 0 bridgehead atoms. The third kappa shape index (κ3) is 2.05. The maximum Gasteiger partial charge on any atom is 0.416 e. The zero-order valence-corrected chi connectivity index (χ0v) is 8.67. The molecular formula is C11H11F3O2. The van der Waals surface area contributed by atoms with Crippen molar-refractivity contribution in [3.05, 3.63) is 35.4 Å². The lowest BCUT2D eigenvalue weighted by molar-refractivity contribution is -0.151. The molecule has 1 fully saturated rings. The number of benzene rings is 1. The van der Waals surface area contributed by atoms with Crippen molar-refractivity contribution in [2.45, 2.75) is 18.9 Å². The highest BCUT2D eigenvalue weighted by molar-refractivity contribution is 5.28. The summed E-state index contributed by atoms with van der Waals surface area (Å²) in [5.41, 5.74) is -0.301. The van der Waals surface area contributed by atoms with Gasteiger partial charge in [-0.25, -0.2) is 0 Å². The summed E-state index contributed by atoms with van der Waals surface area (Å²) in [5.74, 6) is -1.05. The highest BCUT2D eigenvalue weighted by atomic mass is 19.4. The number of halogens is 3. The maximum absolute atomic E-state index is 12.5. The van der Waals surface area contributed by atoms with Crippen molar-refractivity contribution in [3.8, 4) is 0 Å². The minimum Gasteiger partial charge on any atom is -0.344 e. The van der Waals surface area contributed by atoms with Crippen molar-refractivity contribution >= 4 is 0 Å². The molecule has 0 unspecified atom stereocenters. The van der Waals surface area contributed by atoms with Crippen molar-refractivity contribution in [1.29, 1.82) is 0 Å². The van der Waals surface area contributed by atoms with Crippen LogP contribution in [0.1, 0.15) is 18.1 Å². The molecule has 2 rings (SSSR count). The molecule has 2 nitrogen and oxygen atoms in total. The summed E-state index contributed by atoms with van der Waals surface area (Å²) in [5, 5.41) is 0. The summed E-state index contributed by atoms with van der Waals surface area (Å²) < 4.78 is 48.1. The second-order valence-corrected chi connectivity index (χ2v) is 3.72. The summed E-state index contributed by atoms with van der Waals surface area (Å²) in [6, 6.07) is 5.02. The van der Waals surface area contributed by atoms with E-state index in [1.807, 2.05) is 0 Å². The quantitative estimate of drug-likeness (QED) is 0.741. The maximum atomic E-state index is 12.5. The average molecular weight is 232 g/mol. The fourth-order valence-corrected chi connectivity index (χ4v) is 1.66. The summed E-state index contributed by atoms with van der Waals surface area (Å²) in [7, 11) is 0. The molecule has 5 heteroatoms. The second-order valence-electron chi connectivity index (χ2n) is 3.72. The largest absolute Gasteiger partial charge is 0.416 e. The minimum atomic E-state index is -4.34. The van der Waals surface area contributed by atoms with Crippen LogP contribution in [0, 0.1) is 0 Å². The van der Waals surface area contributed by atoms with Gasteiger partial charge in [-0.1, -0.05) is 12.1 Å². The van der Waals surface area contributed by atoms with Crippen LogP contribution in [0.15, 0.2) is 24.3 Å². The van der Waals surface area contributed by atoms with E-state index < -0.39 is 17.5 Å². The zero-order valence-electron chi connectivity index (χ0n) is 8.67. The van der Waals surface area contributed by atoms with Crippen LogP contribution in [0.2, 0.25) is 0 Å². The summed E-state index contributed by atoms with van der Waals surface area (Å²) in [6.07, 6.45) is -4.34. The first-order valence-corrected chi connectivity index (χ1v) is 4.87. The Morgan fingerprint density at radius 1 is 1.19 bits per heavy atom. The molecule has 0 spiro atoms. The van der Waals surface area contributed by atoms with E-state index in [0.29, 0.717) is 18.8 Å². The Kier molecular flexibility index (Phi) is 2.67. The zero-order chi connectivity index (χ0) is 11.8. The van der Waals surface area contributed by atoms with Gasteiger partial charge in [-0.05, 0) is 19.1 Å². The van der Waals surface area contributed by atoms with Gasteiger partial charge in [0.1, 0.15) is 0 Å². The number of hydrogen-bond donors (Lipinski definition) is 0. The van der Waals surface area contributed by atoms with Gasteiger partial charge in [0.2, 0.25) is 0 Å². The molecule has 1 aliphatic heterocycles. The Labute approximate surface area is 91.0 Å². The Bertz CT molecular complexity index is 381. The normalized spacial score (nSPS) is 20.0. The molecule has 0 aromatic heterocycles. The molecule has 1 saturated heterocycles. The average Bonchev–Trinajstić information content (AvgIpc) is 2.66. The van der Waals surface area contributed by atoms with Gasteiger partial charge in [0.15, 0.2) is 5.79 Å². The molecule has 1 aromatic rings. The molecular weight excluding hydrogens is 221 g/mol. The van der Waals surface area contributed by atoms with Crippen molar-refractivity contribution in [2.75, 3.05) is 13.2 Å². The van der Waals surface area contributed by atoms with Gasteiger partial charge >= 0.3 is 6.18 Å². The van der Waals surface area contributed by atoms with E-state index in [9.17, 15) is 13.2 Å². The molecule has 1 aliphatic rings. The van der Waals surface area contributed by atoms with Gasteiger partial charge in [0, 0.05) is 5.56 Å². The van der Waals surface area contributed by atoms with Gasteiger partial charge in [0.25, 0.3) is 0 Å². The highest BCUT2D eigenvalue weighted by Crippen LogP contribution is 2.35. The van der Waals surface area contributed by atoms with E-state index >= 15 is 0 Å². The van der Waals surface area contributed by atoms with E-state index in [-0.39, 0.29) is 0 Å². The minimum absolute atomic E-state index is 0.389. The molecule has 0 saturated carbocycles. The van der Waals surface area contributed by atoms with Gasteiger partial charge in [-0.3, -0.25) is 0 Å². The Hall–Kier alpha value is -1.07. The Balaban J connectivity index is 2.36. The highest BCUT2D eigenvalue weighted by Gasteiger charge is 2.36. The van der Waals surface area contributed by atoms with Crippen LogP contribution >= 0.6 is 0 Å². The molecule has 1 heterocycles. The van der Waals surface area contributed by atoms with E-state index in [1.54, 1.807) is 13.0 Å². The topological polar surface area (TPSA) is 18.5 Å². The van der Waals surface area contributed by atoms with Crippen molar-refractivity contribution in [1.82, 2.24) is 0 Å². The van der Waals surface area contributed by atoms with Crippen molar-refractivity contribution in [3.63, 3.8) is 0 Å². The standard InChI is InChI=1S/C11H11F3O2/c1-10(15-5-6-16-10)8-3-2-4-9(7-8)11(12,13)14/h2-4,7H,5-6H2,1H3. The summed E-state index contributed by atoms with van der Waals surface area (Å²) in [6.45, 7) is 2.41. The van der Waals surface area contributed by atoms with Gasteiger partial charge in [-0.2, -0.15) is 13.2 Å². The molecule has 0 atom stereocenters. The lowest BCUT2D eigenvalue weighted by atomic mass is 10.0. The molecule has 1 aromatic carbocycles. The number of rotatable bonds is 1. The van der Waals surface area contributed by atoms with E-state index in [4.69, 9.17) is 9.47 Å². The van der Waals surface area contributed by atoms with Crippen LogP contribution in [0.5, 0.6) is 0 Å². The number of ether oxygens (including phenoxy) is 2. The van der Waals surface area contributed by atoms with Crippen LogP contribution in [0.25, 0.3) is 0 Å². The monoisotopic (exact) mass is 232 g/mol. The van der Waals surface area contributed by atoms with Crippen LogP contribution in [-0.2, 0) is 21.4 Å². The van der Waals surface area contributed by atoms with Gasteiger partial charge in [-0.15, -0.1) is 0 Å². The molecule has 0 radical (unpaired) electrons. The van der Waals surface area contributed by atoms with Crippen LogP contribution in [-0.4, -0.2) is 13.2 Å². The van der Waals surface area contributed by atoms with Crippen LogP contribution < -0.4 is 0 Å². The summed E-state index contributed by atoms with van der Waals surface area (Å²) in [4.78, 5) is 0.